The number of ether oxygens (including phenoxy) is 1. The van der Waals surface area contributed by atoms with Gasteiger partial charge in [-0.2, -0.15) is 13.9 Å². The number of fused-ring (bicyclic) bond motifs is 1. The van der Waals surface area contributed by atoms with Gasteiger partial charge in [0, 0.05) is 5.56 Å². The number of sulfonamides is 1. The Morgan fingerprint density at radius 1 is 0.917 bits per heavy atom. The van der Waals surface area contributed by atoms with Gasteiger partial charge in [0.05, 0.1) is 21.8 Å². The van der Waals surface area contributed by atoms with E-state index in [1.165, 1.54) is 30.3 Å². The lowest BCUT2D eigenvalue weighted by Crippen LogP contribution is -2.16. The predicted octanol–water partition coefficient (Wildman–Crippen LogP) is 3.02. The minimum Gasteiger partial charge on any atom is -0.416 e. The van der Waals surface area contributed by atoms with E-state index in [1.54, 1.807) is 0 Å². The molecule has 0 spiro atoms. The second-order valence-electron chi connectivity index (χ2n) is 7.14. The van der Waals surface area contributed by atoms with E-state index < -0.39 is 62.3 Å². The number of esters is 1. The fourth-order valence-electron chi connectivity index (χ4n) is 3.06. The van der Waals surface area contributed by atoms with Gasteiger partial charge < -0.3 is 10.1 Å². The standard InChI is InChI=1S/C21H11F5N4O5S/c22-13-14(23)16(25)19(17(26)15(13)24)35-21(32)8-1-6-12-11(7-8)18(20(31)28-12)30-29-9-2-4-10(5-3-9)36(27,33)34/h1-7,29H,(H2,27,33,34)(H,28,30,31). The maximum absolute atomic E-state index is 13.8. The number of hydrogen-bond acceptors (Lipinski definition) is 7. The normalized spacial score (nSPS) is 13.9. The highest BCUT2D eigenvalue weighted by atomic mass is 32.2. The predicted molar refractivity (Wildman–Crippen MR) is 114 cm³/mol. The first-order valence-electron chi connectivity index (χ1n) is 9.54. The van der Waals surface area contributed by atoms with E-state index in [-0.39, 0.29) is 27.5 Å². The summed E-state index contributed by atoms with van der Waals surface area (Å²) in [7, 11) is -3.93. The fourth-order valence-corrected chi connectivity index (χ4v) is 3.57. The summed E-state index contributed by atoms with van der Waals surface area (Å²) in [5, 5.41) is 11.4. The number of rotatable bonds is 5. The number of primary sulfonamides is 1. The fraction of sp³-hybridized carbons (Fsp3) is 0. The molecule has 0 unspecified atom stereocenters. The third-order valence-electron chi connectivity index (χ3n) is 4.82. The molecule has 3 aromatic carbocycles. The van der Waals surface area contributed by atoms with Gasteiger partial charge in [0.25, 0.3) is 5.91 Å². The molecule has 1 aliphatic rings. The lowest BCUT2D eigenvalue weighted by molar-refractivity contribution is -0.110. The van der Waals surface area contributed by atoms with Crippen molar-refractivity contribution in [1.29, 1.82) is 0 Å². The Balaban J connectivity index is 1.61. The van der Waals surface area contributed by atoms with Crippen molar-refractivity contribution in [1.82, 2.24) is 0 Å². The largest absolute Gasteiger partial charge is 0.416 e. The zero-order chi connectivity index (χ0) is 26.4. The number of halogens is 5. The van der Waals surface area contributed by atoms with Gasteiger partial charge in [0.2, 0.25) is 44.9 Å². The number of amides is 1. The Morgan fingerprint density at radius 3 is 2.08 bits per heavy atom. The van der Waals surface area contributed by atoms with Crippen molar-refractivity contribution in [3.8, 4) is 5.75 Å². The lowest BCUT2D eigenvalue weighted by Gasteiger charge is -2.09. The van der Waals surface area contributed by atoms with Gasteiger partial charge in [-0.05, 0) is 42.5 Å². The molecule has 9 nitrogen and oxygen atoms in total. The summed E-state index contributed by atoms with van der Waals surface area (Å²) in [6, 6.07) is 8.36. The van der Waals surface area contributed by atoms with Crippen LogP contribution in [0.5, 0.6) is 5.75 Å². The molecule has 0 atom stereocenters. The summed E-state index contributed by atoms with van der Waals surface area (Å²) < 4.78 is 94.7. The molecule has 15 heteroatoms. The third-order valence-corrected chi connectivity index (χ3v) is 5.75. The van der Waals surface area contributed by atoms with Gasteiger partial charge in [-0.15, -0.1) is 0 Å². The Morgan fingerprint density at radius 2 is 1.50 bits per heavy atom. The summed E-state index contributed by atoms with van der Waals surface area (Å²) in [5.74, 6) is -15.6. The SMILES string of the molecule is NS(=O)(=O)c1ccc(NN=C2C(=O)Nc3ccc(C(=O)Oc4c(F)c(F)c(F)c(F)c4F)cc32)cc1. The molecular weight excluding hydrogens is 515 g/mol. The molecule has 0 fully saturated rings. The molecular formula is C21H11F5N4O5S. The van der Waals surface area contributed by atoms with E-state index in [0.717, 1.165) is 12.1 Å². The maximum atomic E-state index is 13.8. The zero-order valence-corrected chi connectivity index (χ0v) is 18.2. The molecule has 0 aromatic heterocycles. The number of carbonyl (C=O) groups excluding carboxylic acids is 2. The molecule has 186 valence electrons. The average molecular weight is 526 g/mol. The summed E-state index contributed by atoms with van der Waals surface area (Å²) in [6.45, 7) is 0. The van der Waals surface area contributed by atoms with Gasteiger partial charge in [0.15, 0.2) is 5.71 Å². The average Bonchev–Trinajstić information content (AvgIpc) is 3.16. The second-order valence-corrected chi connectivity index (χ2v) is 8.71. The van der Waals surface area contributed by atoms with E-state index in [1.807, 2.05) is 0 Å². The van der Waals surface area contributed by atoms with Crippen LogP contribution in [0.15, 0.2) is 52.5 Å². The molecule has 3 aromatic rings. The summed E-state index contributed by atoms with van der Waals surface area (Å²) in [5.41, 5.74) is 2.36. The van der Waals surface area contributed by atoms with Crippen molar-refractivity contribution in [2.24, 2.45) is 10.2 Å². The Hall–Kier alpha value is -4.37. The van der Waals surface area contributed by atoms with Gasteiger partial charge >= 0.3 is 5.97 Å². The molecule has 0 saturated heterocycles. The van der Waals surface area contributed by atoms with Crippen molar-refractivity contribution >= 4 is 39.0 Å². The molecule has 4 N–H and O–H groups in total. The van der Waals surface area contributed by atoms with Crippen LogP contribution in [-0.2, 0) is 14.8 Å². The first-order chi connectivity index (χ1) is 16.9. The van der Waals surface area contributed by atoms with Crippen LogP contribution in [0.4, 0.5) is 33.3 Å². The van der Waals surface area contributed by atoms with Crippen molar-refractivity contribution in [3.05, 3.63) is 82.7 Å². The van der Waals surface area contributed by atoms with Crippen LogP contribution in [0.1, 0.15) is 15.9 Å². The summed E-state index contributed by atoms with van der Waals surface area (Å²) in [4.78, 5) is 24.5. The van der Waals surface area contributed by atoms with Gasteiger partial charge in [-0.25, -0.2) is 31.5 Å². The molecule has 0 saturated carbocycles. The zero-order valence-electron chi connectivity index (χ0n) is 17.4. The highest BCUT2D eigenvalue weighted by Gasteiger charge is 2.31. The molecule has 0 radical (unpaired) electrons. The molecule has 36 heavy (non-hydrogen) atoms. The van der Waals surface area contributed by atoms with Crippen LogP contribution in [0.2, 0.25) is 0 Å². The molecule has 1 heterocycles. The second kappa shape index (κ2) is 9.01. The van der Waals surface area contributed by atoms with Crippen LogP contribution in [-0.4, -0.2) is 26.0 Å². The smallest absolute Gasteiger partial charge is 0.343 e. The topological polar surface area (TPSA) is 140 Å². The maximum Gasteiger partial charge on any atom is 0.343 e. The van der Waals surface area contributed by atoms with E-state index in [0.29, 0.717) is 0 Å². The number of anilines is 2. The molecule has 1 aliphatic heterocycles. The van der Waals surface area contributed by atoms with Crippen molar-refractivity contribution in [2.75, 3.05) is 10.7 Å². The first-order valence-corrected chi connectivity index (χ1v) is 11.1. The van der Waals surface area contributed by atoms with Crippen LogP contribution in [0.3, 0.4) is 0 Å². The third kappa shape index (κ3) is 4.48. The quantitative estimate of drug-likeness (QED) is 0.117. The minimum atomic E-state index is -3.93. The van der Waals surface area contributed by atoms with E-state index in [4.69, 9.17) is 5.14 Å². The lowest BCUT2D eigenvalue weighted by atomic mass is 10.1. The van der Waals surface area contributed by atoms with E-state index in [2.05, 4.69) is 20.6 Å². The number of nitrogens with one attached hydrogen (secondary N) is 2. The number of hydrogen-bond donors (Lipinski definition) is 3. The first kappa shape index (κ1) is 24.7. The van der Waals surface area contributed by atoms with E-state index >= 15 is 0 Å². The molecule has 4 rings (SSSR count). The van der Waals surface area contributed by atoms with Crippen LogP contribution < -0.4 is 20.6 Å². The number of carbonyl (C=O) groups is 2. The number of hydrazone groups is 1. The van der Waals surface area contributed by atoms with Crippen molar-refractivity contribution < 1.29 is 44.7 Å². The number of nitrogens with two attached hydrogens (primary N) is 1. The van der Waals surface area contributed by atoms with Crippen LogP contribution in [0.25, 0.3) is 0 Å². The van der Waals surface area contributed by atoms with E-state index in [9.17, 15) is 40.0 Å². The number of nitrogens with zero attached hydrogens (tertiary/aromatic N) is 1. The van der Waals surface area contributed by atoms with Gasteiger partial charge in [0.1, 0.15) is 0 Å². The van der Waals surface area contributed by atoms with Gasteiger partial charge in [-0.1, -0.05) is 0 Å². The molecule has 1 amide bonds. The Bertz CT molecular complexity index is 1550. The van der Waals surface area contributed by atoms with Crippen LogP contribution in [0, 0.1) is 29.1 Å². The monoisotopic (exact) mass is 526 g/mol. The van der Waals surface area contributed by atoms with Gasteiger partial charge in [-0.3, -0.25) is 10.2 Å². The summed E-state index contributed by atoms with van der Waals surface area (Å²) in [6.07, 6.45) is 0. The van der Waals surface area contributed by atoms with Crippen LogP contribution >= 0.6 is 0 Å². The number of benzene rings is 3. The minimum absolute atomic E-state index is 0.0421. The molecule has 0 bridgehead atoms. The Labute approximate surface area is 198 Å². The highest BCUT2D eigenvalue weighted by molar-refractivity contribution is 7.89. The van der Waals surface area contributed by atoms with Crippen molar-refractivity contribution in [3.63, 3.8) is 0 Å². The Kier molecular flexibility index (Phi) is 6.19. The highest BCUT2D eigenvalue weighted by Crippen LogP contribution is 2.31. The summed E-state index contributed by atoms with van der Waals surface area (Å²) >= 11 is 0. The molecule has 0 aliphatic carbocycles. The van der Waals surface area contributed by atoms with Crippen molar-refractivity contribution in [2.45, 2.75) is 4.90 Å².